The van der Waals surface area contributed by atoms with Gasteiger partial charge in [0.15, 0.2) is 0 Å². The predicted octanol–water partition coefficient (Wildman–Crippen LogP) is 2.41. The fourth-order valence-electron chi connectivity index (χ4n) is 0.814. The minimum Gasteiger partial charge on any atom is -0.399 e. The summed E-state index contributed by atoms with van der Waals surface area (Å²) in [5.41, 5.74) is 9.84. The summed E-state index contributed by atoms with van der Waals surface area (Å²) in [5.74, 6) is 0. The molecule has 0 bridgehead atoms. The molecular weight excluding hydrogens is 164 g/mol. The number of benzene rings is 1. The third kappa shape index (κ3) is 3.80. The molecule has 0 amide bonds. The molecule has 13 heavy (non-hydrogen) atoms. The summed E-state index contributed by atoms with van der Waals surface area (Å²) in [4.78, 5) is 5.36. The molecule has 0 saturated heterocycles. The summed E-state index contributed by atoms with van der Waals surface area (Å²) in [5, 5.41) is 0. The van der Waals surface area contributed by atoms with Crippen LogP contribution >= 0.6 is 0 Å². The van der Waals surface area contributed by atoms with Crippen LogP contribution in [0.4, 0.5) is 11.4 Å². The first kappa shape index (κ1) is 9.86. The van der Waals surface area contributed by atoms with E-state index in [0.29, 0.717) is 0 Å². The number of anilines is 2. The van der Waals surface area contributed by atoms with Gasteiger partial charge >= 0.3 is 0 Å². The van der Waals surface area contributed by atoms with Gasteiger partial charge in [0.1, 0.15) is 0 Å². The van der Waals surface area contributed by atoms with E-state index >= 15 is 0 Å². The summed E-state index contributed by atoms with van der Waals surface area (Å²) >= 11 is 0. The first-order valence-corrected chi connectivity index (χ1v) is 4.27. The fourth-order valence-corrected chi connectivity index (χ4v) is 0.814. The Balaban J connectivity index is 2.55. The average Bonchev–Trinajstić information content (AvgIpc) is 2.00. The molecule has 72 valence electrons. The lowest BCUT2D eigenvalue weighted by molar-refractivity contribution is 0.0375. The Morgan fingerprint density at radius 2 is 2.00 bits per heavy atom. The standard InChI is InChI=1S/C10H16N2O/c1-10(2,3)13-12-9-6-4-5-8(11)7-9/h4-7,12H,11H2,1-3H3. The smallest absolute Gasteiger partial charge is 0.0876 e. The van der Waals surface area contributed by atoms with Crippen LogP contribution in [0.1, 0.15) is 20.8 Å². The van der Waals surface area contributed by atoms with Crippen LogP contribution in [-0.4, -0.2) is 5.60 Å². The molecule has 0 spiro atoms. The van der Waals surface area contributed by atoms with E-state index in [2.05, 4.69) is 5.48 Å². The molecule has 0 saturated carbocycles. The van der Waals surface area contributed by atoms with E-state index in [0.717, 1.165) is 11.4 Å². The van der Waals surface area contributed by atoms with E-state index in [1.54, 1.807) is 0 Å². The first-order chi connectivity index (χ1) is 5.97. The minimum absolute atomic E-state index is 0.204. The molecule has 0 aliphatic rings. The average molecular weight is 180 g/mol. The number of nitrogens with two attached hydrogens (primary N) is 1. The van der Waals surface area contributed by atoms with Crippen molar-refractivity contribution in [1.29, 1.82) is 0 Å². The molecule has 1 aromatic rings. The van der Waals surface area contributed by atoms with Gasteiger partial charge in [-0.05, 0) is 39.0 Å². The van der Waals surface area contributed by atoms with E-state index < -0.39 is 0 Å². The predicted molar refractivity (Wildman–Crippen MR) is 55.3 cm³/mol. The lowest BCUT2D eigenvalue weighted by Crippen LogP contribution is -2.22. The van der Waals surface area contributed by atoms with Crippen molar-refractivity contribution in [1.82, 2.24) is 0 Å². The maximum atomic E-state index is 5.60. The Bertz CT molecular complexity index is 278. The van der Waals surface area contributed by atoms with Crippen molar-refractivity contribution in [2.75, 3.05) is 11.2 Å². The first-order valence-electron chi connectivity index (χ1n) is 4.27. The fraction of sp³-hybridized carbons (Fsp3) is 0.400. The normalized spacial score (nSPS) is 11.3. The summed E-state index contributed by atoms with van der Waals surface area (Å²) in [6.07, 6.45) is 0. The maximum Gasteiger partial charge on any atom is 0.0876 e. The van der Waals surface area contributed by atoms with Gasteiger partial charge in [0, 0.05) is 5.69 Å². The zero-order chi connectivity index (χ0) is 9.90. The number of nitrogens with one attached hydrogen (secondary N) is 1. The molecule has 3 heteroatoms. The second kappa shape index (κ2) is 3.66. The zero-order valence-corrected chi connectivity index (χ0v) is 8.29. The molecule has 0 fully saturated rings. The van der Waals surface area contributed by atoms with Crippen molar-refractivity contribution in [2.24, 2.45) is 0 Å². The molecule has 0 aromatic heterocycles. The quantitative estimate of drug-likeness (QED) is 0.542. The van der Waals surface area contributed by atoms with Crippen LogP contribution in [0.15, 0.2) is 24.3 Å². The van der Waals surface area contributed by atoms with E-state index in [4.69, 9.17) is 10.6 Å². The van der Waals surface area contributed by atoms with Crippen LogP contribution in [0.5, 0.6) is 0 Å². The second-order valence-corrected chi connectivity index (χ2v) is 3.94. The van der Waals surface area contributed by atoms with E-state index in [9.17, 15) is 0 Å². The summed E-state index contributed by atoms with van der Waals surface area (Å²) in [7, 11) is 0. The molecular formula is C10H16N2O. The van der Waals surface area contributed by atoms with E-state index in [1.807, 2.05) is 45.0 Å². The van der Waals surface area contributed by atoms with Crippen molar-refractivity contribution < 1.29 is 4.84 Å². The molecule has 3 N–H and O–H groups in total. The van der Waals surface area contributed by atoms with Crippen molar-refractivity contribution in [3.63, 3.8) is 0 Å². The number of rotatable bonds is 2. The van der Waals surface area contributed by atoms with Crippen molar-refractivity contribution in [2.45, 2.75) is 26.4 Å². The largest absolute Gasteiger partial charge is 0.399 e. The van der Waals surface area contributed by atoms with Crippen LogP contribution in [0, 0.1) is 0 Å². The van der Waals surface area contributed by atoms with Gasteiger partial charge < -0.3 is 5.73 Å². The van der Waals surface area contributed by atoms with Crippen molar-refractivity contribution in [3.8, 4) is 0 Å². The second-order valence-electron chi connectivity index (χ2n) is 3.94. The van der Waals surface area contributed by atoms with Crippen molar-refractivity contribution >= 4 is 11.4 Å². The Morgan fingerprint density at radius 1 is 1.31 bits per heavy atom. The molecule has 1 aromatic carbocycles. The molecule has 0 radical (unpaired) electrons. The van der Waals surface area contributed by atoms with Crippen LogP contribution in [0.25, 0.3) is 0 Å². The highest BCUT2D eigenvalue weighted by molar-refractivity contribution is 5.52. The van der Waals surface area contributed by atoms with Gasteiger partial charge in [-0.2, -0.15) is 0 Å². The van der Waals surface area contributed by atoms with Gasteiger partial charge in [-0.15, -0.1) is 0 Å². The number of nitrogen functional groups attached to an aromatic ring is 1. The monoisotopic (exact) mass is 180 g/mol. The van der Waals surface area contributed by atoms with Gasteiger partial charge in [0.2, 0.25) is 0 Å². The van der Waals surface area contributed by atoms with Crippen LogP contribution < -0.4 is 11.2 Å². The highest BCUT2D eigenvalue weighted by Gasteiger charge is 2.09. The Morgan fingerprint density at radius 3 is 2.54 bits per heavy atom. The van der Waals surface area contributed by atoms with Gasteiger partial charge in [-0.25, -0.2) is 0 Å². The highest BCUT2D eigenvalue weighted by atomic mass is 16.7. The molecule has 1 rings (SSSR count). The summed E-state index contributed by atoms with van der Waals surface area (Å²) in [6.45, 7) is 5.94. The van der Waals surface area contributed by atoms with Gasteiger partial charge in [0.25, 0.3) is 0 Å². The lowest BCUT2D eigenvalue weighted by atomic mass is 10.2. The van der Waals surface area contributed by atoms with Crippen LogP contribution in [0.2, 0.25) is 0 Å². The lowest BCUT2D eigenvalue weighted by Gasteiger charge is -2.19. The van der Waals surface area contributed by atoms with Crippen LogP contribution in [0.3, 0.4) is 0 Å². The number of hydrogen-bond donors (Lipinski definition) is 2. The Labute approximate surface area is 78.8 Å². The Hall–Kier alpha value is -1.22. The minimum atomic E-state index is -0.204. The maximum absolute atomic E-state index is 5.60. The highest BCUT2D eigenvalue weighted by Crippen LogP contribution is 2.14. The molecule has 0 heterocycles. The van der Waals surface area contributed by atoms with E-state index in [1.165, 1.54) is 0 Å². The van der Waals surface area contributed by atoms with E-state index in [-0.39, 0.29) is 5.60 Å². The SMILES string of the molecule is CC(C)(C)ONc1cccc(N)c1. The third-order valence-electron chi connectivity index (χ3n) is 1.36. The molecule has 3 nitrogen and oxygen atoms in total. The summed E-state index contributed by atoms with van der Waals surface area (Å²) in [6, 6.07) is 7.44. The summed E-state index contributed by atoms with van der Waals surface area (Å²) < 4.78 is 0. The van der Waals surface area contributed by atoms with Gasteiger partial charge in [-0.1, -0.05) is 6.07 Å². The van der Waals surface area contributed by atoms with Gasteiger partial charge in [-0.3, -0.25) is 10.3 Å². The Kier molecular flexibility index (Phi) is 2.78. The molecule has 0 unspecified atom stereocenters. The molecule has 0 aliphatic heterocycles. The molecule has 0 atom stereocenters. The van der Waals surface area contributed by atoms with Gasteiger partial charge in [0.05, 0.1) is 11.3 Å². The topological polar surface area (TPSA) is 47.3 Å². The third-order valence-corrected chi connectivity index (χ3v) is 1.36. The van der Waals surface area contributed by atoms with Crippen molar-refractivity contribution in [3.05, 3.63) is 24.3 Å². The molecule has 0 aliphatic carbocycles. The van der Waals surface area contributed by atoms with Crippen LogP contribution in [-0.2, 0) is 4.84 Å². The zero-order valence-electron chi connectivity index (χ0n) is 8.29. The number of hydrogen-bond acceptors (Lipinski definition) is 3.